The van der Waals surface area contributed by atoms with E-state index in [0.717, 1.165) is 38.5 Å². The second-order valence-corrected chi connectivity index (χ2v) is 6.41. The average molecular weight is 267 g/mol. The third-order valence-electron chi connectivity index (χ3n) is 4.75. The summed E-state index contributed by atoms with van der Waals surface area (Å²) in [7, 11) is 0. The molecule has 2 saturated carbocycles. The second kappa shape index (κ2) is 5.93. The summed E-state index contributed by atoms with van der Waals surface area (Å²) in [5.41, 5.74) is -1.01. The van der Waals surface area contributed by atoms with Crippen molar-refractivity contribution in [3.05, 3.63) is 0 Å². The molecule has 4 nitrogen and oxygen atoms in total. The number of aliphatic carboxylic acids is 1. The van der Waals surface area contributed by atoms with Gasteiger partial charge in [-0.15, -0.1) is 0 Å². The summed E-state index contributed by atoms with van der Waals surface area (Å²) in [4.78, 5) is 23.9. The Morgan fingerprint density at radius 2 is 1.79 bits per heavy atom. The van der Waals surface area contributed by atoms with Crippen LogP contribution in [0, 0.1) is 11.8 Å². The molecule has 0 aromatic rings. The summed E-state index contributed by atoms with van der Waals surface area (Å²) >= 11 is 0. The number of amides is 1. The van der Waals surface area contributed by atoms with Gasteiger partial charge in [0.15, 0.2) is 0 Å². The lowest BCUT2D eigenvalue weighted by atomic mass is 9.75. The van der Waals surface area contributed by atoms with E-state index in [-0.39, 0.29) is 11.8 Å². The Hall–Kier alpha value is -1.06. The molecule has 2 atom stereocenters. The largest absolute Gasteiger partial charge is 0.480 e. The fourth-order valence-electron chi connectivity index (χ4n) is 3.62. The Balaban J connectivity index is 2.03. The zero-order valence-corrected chi connectivity index (χ0v) is 11.8. The van der Waals surface area contributed by atoms with Crippen LogP contribution in [0.5, 0.6) is 0 Å². The van der Waals surface area contributed by atoms with E-state index in [0.29, 0.717) is 18.8 Å². The summed E-state index contributed by atoms with van der Waals surface area (Å²) in [6, 6.07) is 0. The molecule has 0 bridgehead atoms. The third kappa shape index (κ3) is 3.28. The van der Waals surface area contributed by atoms with Crippen molar-refractivity contribution in [2.45, 2.75) is 70.3 Å². The van der Waals surface area contributed by atoms with E-state index < -0.39 is 11.5 Å². The Kier molecular flexibility index (Phi) is 4.48. The summed E-state index contributed by atoms with van der Waals surface area (Å²) in [5, 5.41) is 12.4. The molecule has 19 heavy (non-hydrogen) atoms. The van der Waals surface area contributed by atoms with E-state index >= 15 is 0 Å². The monoisotopic (exact) mass is 267 g/mol. The van der Waals surface area contributed by atoms with Gasteiger partial charge in [0.05, 0.1) is 0 Å². The first kappa shape index (κ1) is 14.4. The maximum Gasteiger partial charge on any atom is 0.329 e. The summed E-state index contributed by atoms with van der Waals surface area (Å²) < 4.78 is 0. The molecule has 108 valence electrons. The highest BCUT2D eigenvalue weighted by Gasteiger charge is 2.44. The number of carboxylic acids is 1. The number of rotatable bonds is 3. The molecule has 0 spiro atoms. The van der Waals surface area contributed by atoms with Crippen molar-refractivity contribution in [1.82, 2.24) is 5.32 Å². The van der Waals surface area contributed by atoms with Crippen molar-refractivity contribution in [2.24, 2.45) is 11.8 Å². The van der Waals surface area contributed by atoms with E-state index in [4.69, 9.17) is 0 Å². The minimum Gasteiger partial charge on any atom is -0.480 e. The first-order chi connectivity index (χ1) is 9.03. The lowest BCUT2D eigenvalue weighted by Gasteiger charge is -2.38. The molecular weight excluding hydrogens is 242 g/mol. The number of carbonyl (C=O) groups is 2. The molecule has 0 saturated heterocycles. The molecule has 2 N–H and O–H groups in total. The molecule has 0 aliphatic heterocycles. The van der Waals surface area contributed by atoms with Crippen molar-refractivity contribution in [3.63, 3.8) is 0 Å². The molecule has 2 rings (SSSR count). The van der Waals surface area contributed by atoms with Gasteiger partial charge in [0, 0.05) is 5.92 Å². The number of hydrogen-bond acceptors (Lipinski definition) is 2. The molecule has 0 radical (unpaired) electrons. The summed E-state index contributed by atoms with van der Waals surface area (Å²) in [6.45, 7) is 2.07. The summed E-state index contributed by atoms with van der Waals surface area (Å²) in [5.74, 6) is -0.488. The van der Waals surface area contributed by atoms with Gasteiger partial charge in [0.1, 0.15) is 5.54 Å². The van der Waals surface area contributed by atoms with Crippen LogP contribution in [0.3, 0.4) is 0 Å². The Morgan fingerprint density at radius 3 is 2.37 bits per heavy atom. The molecule has 2 fully saturated rings. The van der Waals surface area contributed by atoms with Crippen LogP contribution in [0.2, 0.25) is 0 Å². The van der Waals surface area contributed by atoms with Gasteiger partial charge < -0.3 is 10.4 Å². The molecular formula is C15H25NO3. The molecule has 0 aromatic carbocycles. The van der Waals surface area contributed by atoms with Crippen LogP contribution in [0.4, 0.5) is 0 Å². The zero-order valence-electron chi connectivity index (χ0n) is 11.8. The molecule has 0 heterocycles. The zero-order chi connectivity index (χ0) is 13.9. The molecule has 1 amide bonds. The minimum absolute atomic E-state index is 0.0298. The topological polar surface area (TPSA) is 66.4 Å². The molecule has 4 heteroatoms. The first-order valence-electron chi connectivity index (χ1n) is 7.59. The van der Waals surface area contributed by atoms with Crippen molar-refractivity contribution >= 4 is 11.9 Å². The third-order valence-corrected chi connectivity index (χ3v) is 4.75. The van der Waals surface area contributed by atoms with Gasteiger partial charge >= 0.3 is 5.97 Å². The van der Waals surface area contributed by atoms with E-state index in [2.05, 4.69) is 12.2 Å². The molecule has 2 aliphatic carbocycles. The highest BCUT2D eigenvalue weighted by atomic mass is 16.4. The lowest BCUT2D eigenvalue weighted by Crippen LogP contribution is -2.58. The van der Waals surface area contributed by atoms with E-state index in [9.17, 15) is 14.7 Å². The number of hydrogen-bond donors (Lipinski definition) is 2. The predicted molar refractivity (Wildman–Crippen MR) is 72.7 cm³/mol. The fraction of sp³-hybridized carbons (Fsp3) is 0.867. The highest BCUT2D eigenvalue weighted by molar-refractivity contribution is 5.88. The SMILES string of the molecule is CC1CCCC(NC(=O)C2CCCCC2)(C(=O)O)C1. The minimum atomic E-state index is -1.01. The van der Waals surface area contributed by atoms with Gasteiger partial charge in [0.25, 0.3) is 0 Å². The van der Waals surface area contributed by atoms with Gasteiger partial charge in [-0.3, -0.25) is 4.79 Å². The first-order valence-corrected chi connectivity index (χ1v) is 7.59. The van der Waals surface area contributed by atoms with Crippen molar-refractivity contribution < 1.29 is 14.7 Å². The van der Waals surface area contributed by atoms with Gasteiger partial charge in [-0.2, -0.15) is 0 Å². The Bertz CT molecular complexity index is 349. The number of carboxylic acid groups (broad SMARTS) is 1. The van der Waals surface area contributed by atoms with Crippen LogP contribution in [0.25, 0.3) is 0 Å². The van der Waals surface area contributed by atoms with Gasteiger partial charge in [-0.05, 0) is 31.6 Å². The van der Waals surface area contributed by atoms with E-state index in [1.54, 1.807) is 0 Å². The Labute approximate surface area is 115 Å². The van der Waals surface area contributed by atoms with Gasteiger partial charge in [-0.25, -0.2) is 4.79 Å². The maximum absolute atomic E-state index is 12.3. The number of carbonyl (C=O) groups excluding carboxylic acids is 1. The molecule has 0 aromatic heterocycles. The normalized spacial score (nSPS) is 32.8. The quantitative estimate of drug-likeness (QED) is 0.826. The van der Waals surface area contributed by atoms with Crippen LogP contribution in [-0.2, 0) is 9.59 Å². The van der Waals surface area contributed by atoms with Crippen LogP contribution in [0.15, 0.2) is 0 Å². The van der Waals surface area contributed by atoms with Crippen LogP contribution in [0.1, 0.15) is 64.7 Å². The fourth-order valence-corrected chi connectivity index (χ4v) is 3.62. The standard InChI is InChI=1S/C15H25NO3/c1-11-6-5-9-15(10-11,14(18)19)16-13(17)12-7-3-2-4-8-12/h11-12H,2-10H2,1H3,(H,16,17)(H,18,19). The van der Waals surface area contributed by atoms with Crippen molar-refractivity contribution in [2.75, 3.05) is 0 Å². The second-order valence-electron chi connectivity index (χ2n) is 6.41. The number of nitrogens with one attached hydrogen (secondary N) is 1. The van der Waals surface area contributed by atoms with Crippen molar-refractivity contribution in [3.8, 4) is 0 Å². The van der Waals surface area contributed by atoms with Crippen LogP contribution >= 0.6 is 0 Å². The Morgan fingerprint density at radius 1 is 1.11 bits per heavy atom. The van der Waals surface area contributed by atoms with Gasteiger partial charge in [-0.1, -0.05) is 39.0 Å². The lowest BCUT2D eigenvalue weighted by molar-refractivity contribution is -0.151. The molecule has 2 unspecified atom stereocenters. The predicted octanol–water partition coefficient (Wildman–Crippen LogP) is 2.72. The highest BCUT2D eigenvalue weighted by Crippen LogP contribution is 2.33. The van der Waals surface area contributed by atoms with Gasteiger partial charge in [0.2, 0.25) is 5.91 Å². The van der Waals surface area contributed by atoms with E-state index in [1.807, 2.05) is 0 Å². The smallest absolute Gasteiger partial charge is 0.329 e. The summed E-state index contributed by atoms with van der Waals surface area (Å²) in [6.07, 6.45) is 8.31. The van der Waals surface area contributed by atoms with Crippen molar-refractivity contribution in [1.29, 1.82) is 0 Å². The van der Waals surface area contributed by atoms with Crippen LogP contribution in [-0.4, -0.2) is 22.5 Å². The average Bonchev–Trinajstić information content (AvgIpc) is 2.39. The van der Waals surface area contributed by atoms with Crippen LogP contribution < -0.4 is 5.32 Å². The maximum atomic E-state index is 12.3. The molecule has 2 aliphatic rings. The van der Waals surface area contributed by atoms with E-state index in [1.165, 1.54) is 6.42 Å².